The van der Waals surface area contributed by atoms with E-state index in [2.05, 4.69) is 9.72 Å². The summed E-state index contributed by atoms with van der Waals surface area (Å²) in [6, 6.07) is 1.40. The van der Waals surface area contributed by atoms with Crippen LogP contribution in [0.5, 0.6) is 0 Å². The maximum Gasteiger partial charge on any atom is 0.340 e. The molecule has 0 saturated carbocycles. The maximum atomic E-state index is 13.3. The molecular weight excluding hydrogens is 187 g/mol. The van der Waals surface area contributed by atoms with Gasteiger partial charge in [-0.3, -0.25) is 0 Å². The van der Waals surface area contributed by atoms with Gasteiger partial charge in [-0.2, -0.15) is 0 Å². The predicted octanol–water partition coefficient (Wildman–Crippen LogP) is 1.26. The Morgan fingerprint density at radius 3 is 3.14 bits per heavy atom. The third-order valence-corrected chi connectivity index (χ3v) is 1.90. The lowest BCUT2D eigenvalue weighted by Gasteiger charge is -2.01. The summed E-state index contributed by atoms with van der Waals surface area (Å²) in [5.74, 6) is -1.31. The minimum Gasteiger partial charge on any atom is -0.465 e. The Morgan fingerprint density at radius 2 is 2.43 bits per heavy atom. The molecule has 0 radical (unpaired) electrons. The number of hydrogen-bond acceptors (Lipinski definition) is 3. The van der Waals surface area contributed by atoms with Crippen LogP contribution in [0.1, 0.15) is 10.4 Å². The second-order valence-corrected chi connectivity index (χ2v) is 2.75. The Kier molecular flexibility index (Phi) is 1.92. The highest BCUT2D eigenvalue weighted by Gasteiger charge is 2.13. The van der Waals surface area contributed by atoms with Crippen molar-refractivity contribution in [1.82, 2.24) is 9.38 Å². The van der Waals surface area contributed by atoms with Crippen LogP contribution in [0.25, 0.3) is 5.52 Å². The zero-order valence-electron chi connectivity index (χ0n) is 7.40. The lowest BCUT2D eigenvalue weighted by molar-refractivity contribution is 0.0595. The van der Waals surface area contributed by atoms with Crippen LogP contribution in [-0.2, 0) is 4.74 Å². The van der Waals surface area contributed by atoms with Crippen LogP contribution in [0.4, 0.5) is 4.39 Å². The summed E-state index contributed by atoms with van der Waals surface area (Å²) in [6.45, 7) is 0. The third-order valence-electron chi connectivity index (χ3n) is 1.90. The number of aromatic nitrogens is 2. The molecule has 0 aliphatic rings. The second kappa shape index (κ2) is 3.10. The Labute approximate surface area is 78.9 Å². The molecule has 0 saturated heterocycles. The summed E-state index contributed by atoms with van der Waals surface area (Å²) in [5.41, 5.74) is 0.562. The van der Waals surface area contributed by atoms with E-state index in [9.17, 15) is 9.18 Å². The first-order valence-electron chi connectivity index (χ1n) is 3.92. The molecule has 0 bridgehead atoms. The Morgan fingerprint density at radius 1 is 1.64 bits per heavy atom. The summed E-state index contributed by atoms with van der Waals surface area (Å²) in [4.78, 5) is 14.9. The number of carbonyl (C=O) groups is 1. The summed E-state index contributed by atoms with van der Waals surface area (Å²) in [6.07, 6.45) is 4.18. The van der Waals surface area contributed by atoms with E-state index in [0.29, 0.717) is 5.52 Å². The van der Waals surface area contributed by atoms with Gasteiger partial charge in [-0.25, -0.2) is 14.2 Å². The Balaban J connectivity index is 2.64. The SMILES string of the molecule is COC(=O)c1cc2cncn2cc1F. The van der Waals surface area contributed by atoms with E-state index in [1.54, 1.807) is 0 Å². The van der Waals surface area contributed by atoms with Crippen molar-refractivity contribution < 1.29 is 13.9 Å². The summed E-state index contributed by atoms with van der Waals surface area (Å²) in [5, 5.41) is 0. The van der Waals surface area contributed by atoms with Crippen molar-refractivity contribution in [2.75, 3.05) is 7.11 Å². The van der Waals surface area contributed by atoms with Gasteiger partial charge in [0.2, 0.25) is 0 Å². The molecule has 5 heteroatoms. The number of methoxy groups -OCH3 is 1. The zero-order valence-corrected chi connectivity index (χ0v) is 7.40. The number of fused-ring (bicyclic) bond motifs is 1. The predicted molar refractivity (Wildman–Crippen MR) is 46.5 cm³/mol. The van der Waals surface area contributed by atoms with E-state index in [-0.39, 0.29) is 5.56 Å². The smallest absolute Gasteiger partial charge is 0.340 e. The number of imidazole rings is 1. The first-order chi connectivity index (χ1) is 6.72. The van der Waals surface area contributed by atoms with Crippen molar-refractivity contribution in [2.45, 2.75) is 0 Å². The number of hydrogen-bond donors (Lipinski definition) is 0. The zero-order chi connectivity index (χ0) is 10.1. The number of halogens is 1. The topological polar surface area (TPSA) is 43.6 Å². The number of pyridine rings is 1. The van der Waals surface area contributed by atoms with Gasteiger partial charge in [0, 0.05) is 6.20 Å². The van der Waals surface area contributed by atoms with E-state index in [1.807, 2.05) is 0 Å². The summed E-state index contributed by atoms with van der Waals surface area (Å²) in [7, 11) is 1.21. The normalized spacial score (nSPS) is 10.4. The van der Waals surface area contributed by atoms with Crippen molar-refractivity contribution in [3.8, 4) is 0 Å². The minimum atomic E-state index is -0.689. The minimum absolute atomic E-state index is 0.0829. The fourth-order valence-corrected chi connectivity index (χ4v) is 1.21. The van der Waals surface area contributed by atoms with Gasteiger partial charge in [-0.1, -0.05) is 0 Å². The molecule has 14 heavy (non-hydrogen) atoms. The van der Waals surface area contributed by atoms with Crippen molar-refractivity contribution in [3.05, 3.63) is 36.2 Å². The molecule has 4 nitrogen and oxygen atoms in total. The third kappa shape index (κ3) is 1.22. The molecule has 0 fully saturated rings. The molecule has 0 aliphatic heterocycles. The van der Waals surface area contributed by atoms with Gasteiger partial charge >= 0.3 is 5.97 Å². The molecule has 2 aromatic heterocycles. The van der Waals surface area contributed by atoms with E-state index in [4.69, 9.17) is 0 Å². The monoisotopic (exact) mass is 194 g/mol. The highest BCUT2D eigenvalue weighted by molar-refractivity contribution is 5.90. The maximum absolute atomic E-state index is 13.3. The van der Waals surface area contributed by atoms with Crippen molar-refractivity contribution >= 4 is 11.5 Å². The van der Waals surface area contributed by atoms with E-state index < -0.39 is 11.8 Å². The van der Waals surface area contributed by atoms with E-state index >= 15 is 0 Å². The van der Waals surface area contributed by atoms with Gasteiger partial charge in [0.1, 0.15) is 0 Å². The van der Waals surface area contributed by atoms with Gasteiger partial charge in [-0.15, -0.1) is 0 Å². The number of rotatable bonds is 1. The molecule has 0 unspecified atom stereocenters. The fourth-order valence-electron chi connectivity index (χ4n) is 1.21. The van der Waals surface area contributed by atoms with Crippen LogP contribution >= 0.6 is 0 Å². The summed E-state index contributed by atoms with van der Waals surface area (Å²) < 4.78 is 19.2. The standard InChI is InChI=1S/C9H7FN2O2/c1-14-9(13)7-2-6-3-11-5-12(6)4-8(7)10/h2-5H,1H3. The lowest BCUT2D eigenvalue weighted by atomic mass is 10.2. The van der Waals surface area contributed by atoms with Gasteiger partial charge in [0.05, 0.1) is 30.7 Å². The Hall–Kier alpha value is -1.91. The average molecular weight is 194 g/mol. The number of esters is 1. The van der Waals surface area contributed by atoms with E-state index in [1.165, 1.54) is 36.3 Å². The van der Waals surface area contributed by atoms with Crippen LogP contribution < -0.4 is 0 Å². The van der Waals surface area contributed by atoms with Gasteiger partial charge < -0.3 is 9.14 Å². The largest absolute Gasteiger partial charge is 0.465 e. The van der Waals surface area contributed by atoms with Crippen molar-refractivity contribution in [2.24, 2.45) is 0 Å². The first-order valence-corrected chi connectivity index (χ1v) is 3.92. The van der Waals surface area contributed by atoms with Gasteiger partial charge in [0.15, 0.2) is 5.82 Å². The number of carbonyl (C=O) groups excluding carboxylic acids is 1. The molecule has 72 valence electrons. The van der Waals surface area contributed by atoms with Crippen LogP contribution in [0.3, 0.4) is 0 Å². The van der Waals surface area contributed by atoms with Gasteiger partial charge in [-0.05, 0) is 6.07 Å². The Bertz CT molecular complexity index is 493. The fraction of sp³-hybridized carbons (Fsp3) is 0.111. The lowest BCUT2D eigenvalue weighted by Crippen LogP contribution is -2.05. The van der Waals surface area contributed by atoms with Crippen molar-refractivity contribution in [1.29, 1.82) is 0 Å². The molecule has 0 aliphatic carbocycles. The van der Waals surface area contributed by atoms with E-state index in [0.717, 1.165) is 0 Å². The molecule has 0 amide bonds. The molecule has 2 aromatic rings. The molecule has 2 rings (SSSR count). The highest BCUT2D eigenvalue weighted by atomic mass is 19.1. The van der Waals surface area contributed by atoms with Crippen LogP contribution in [0, 0.1) is 5.82 Å². The first kappa shape index (κ1) is 8.68. The molecule has 0 aromatic carbocycles. The molecule has 0 N–H and O–H groups in total. The molecule has 2 heterocycles. The van der Waals surface area contributed by atoms with Crippen LogP contribution in [-0.4, -0.2) is 22.5 Å². The number of ether oxygens (including phenoxy) is 1. The average Bonchev–Trinajstić information content (AvgIpc) is 2.62. The molecule has 0 atom stereocenters. The van der Waals surface area contributed by atoms with Crippen molar-refractivity contribution in [3.63, 3.8) is 0 Å². The molecular formula is C9H7FN2O2. The van der Waals surface area contributed by atoms with Crippen LogP contribution in [0.15, 0.2) is 24.8 Å². The summed E-state index contributed by atoms with van der Waals surface area (Å²) >= 11 is 0. The number of nitrogens with zero attached hydrogens (tertiary/aromatic N) is 2. The second-order valence-electron chi connectivity index (χ2n) is 2.75. The van der Waals surface area contributed by atoms with Gasteiger partial charge in [0.25, 0.3) is 0 Å². The molecule has 0 spiro atoms. The quantitative estimate of drug-likeness (QED) is 0.642. The highest BCUT2D eigenvalue weighted by Crippen LogP contribution is 2.12. The van der Waals surface area contributed by atoms with Crippen LogP contribution in [0.2, 0.25) is 0 Å².